The van der Waals surface area contributed by atoms with Gasteiger partial charge in [-0.3, -0.25) is 0 Å². The summed E-state index contributed by atoms with van der Waals surface area (Å²) < 4.78 is 9.54. The maximum absolute atomic E-state index is 6.04. The van der Waals surface area contributed by atoms with E-state index >= 15 is 0 Å². The minimum atomic E-state index is 0.181. The van der Waals surface area contributed by atoms with E-state index in [1.807, 2.05) is 39.0 Å². The molecular formula is C13H15Br2N3O. The maximum atomic E-state index is 6.04. The predicted molar refractivity (Wildman–Crippen MR) is 83.7 cm³/mol. The first-order valence-electron chi connectivity index (χ1n) is 5.87. The number of benzene rings is 1. The smallest absolute Gasteiger partial charge is 0.241 e. The van der Waals surface area contributed by atoms with Crippen molar-refractivity contribution in [2.75, 3.05) is 5.73 Å². The van der Waals surface area contributed by atoms with Gasteiger partial charge in [0, 0.05) is 4.47 Å². The Kier molecular flexibility index (Phi) is 4.20. The number of hydrogen-bond donors (Lipinski definition) is 1. The third-order valence-electron chi connectivity index (χ3n) is 2.68. The van der Waals surface area contributed by atoms with Crippen LogP contribution in [0.25, 0.3) is 0 Å². The molecule has 0 fully saturated rings. The largest absolute Gasteiger partial charge is 0.436 e. The van der Waals surface area contributed by atoms with Crippen LogP contribution in [-0.4, -0.2) is 9.78 Å². The van der Waals surface area contributed by atoms with Crippen LogP contribution in [0.1, 0.15) is 25.6 Å². The molecule has 0 spiro atoms. The molecular weight excluding hydrogens is 374 g/mol. The molecule has 1 aromatic carbocycles. The van der Waals surface area contributed by atoms with E-state index < -0.39 is 0 Å². The number of nitrogens with zero attached hydrogens (tertiary/aromatic N) is 2. The Hall–Kier alpha value is -1.01. The topological polar surface area (TPSA) is 53.1 Å². The van der Waals surface area contributed by atoms with Gasteiger partial charge in [0.25, 0.3) is 0 Å². The average molecular weight is 389 g/mol. The third-order valence-corrected chi connectivity index (χ3v) is 3.79. The lowest BCUT2D eigenvalue weighted by atomic mass is 10.3. The second-order valence-corrected chi connectivity index (χ2v) is 6.29. The van der Waals surface area contributed by atoms with Gasteiger partial charge in [0.2, 0.25) is 5.88 Å². The molecule has 0 aliphatic carbocycles. The summed E-state index contributed by atoms with van der Waals surface area (Å²) in [6.45, 7) is 5.95. The van der Waals surface area contributed by atoms with E-state index in [-0.39, 0.29) is 6.04 Å². The standard InChI is InChI=1S/C13H15Br2N3O/c1-7(2)18-13(12(16)8(3)17-18)19-11-5-4-9(14)6-10(11)15/h4-7H,16H2,1-3H3. The summed E-state index contributed by atoms with van der Waals surface area (Å²) in [7, 11) is 0. The van der Waals surface area contributed by atoms with Crippen molar-refractivity contribution in [1.82, 2.24) is 9.78 Å². The Morgan fingerprint density at radius 3 is 2.58 bits per heavy atom. The predicted octanol–water partition coefficient (Wildman–Crippen LogP) is 4.67. The Balaban J connectivity index is 2.43. The number of anilines is 1. The Morgan fingerprint density at radius 1 is 1.32 bits per heavy atom. The van der Waals surface area contributed by atoms with Gasteiger partial charge >= 0.3 is 0 Å². The molecule has 0 radical (unpaired) electrons. The van der Waals surface area contributed by atoms with Gasteiger partial charge in [-0.15, -0.1) is 0 Å². The molecule has 2 aromatic rings. The maximum Gasteiger partial charge on any atom is 0.241 e. The van der Waals surface area contributed by atoms with E-state index in [0.717, 1.165) is 14.6 Å². The molecule has 0 unspecified atom stereocenters. The Bertz CT molecular complexity index is 608. The van der Waals surface area contributed by atoms with Crippen molar-refractivity contribution in [3.05, 3.63) is 32.8 Å². The molecule has 0 bridgehead atoms. The van der Waals surface area contributed by atoms with Crippen LogP contribution in [-0.2, 0) is 0 Å². The van der Waals surface area contributed by atoms with E-state index in [9.17, 15) is 0 Å². The number of aryl methyl sites for hydroxylation is 1. The lowest BCUT2D eigenvalue weighted by Crippen LogP contribution is -2.05. The molecule has 2 rings (SSSR count). The van der Waals surface area contributed by atoms with E-state index in [2.05, 4.69) is 37.0 Å². The second-order valence-electron chi connectivity index (χ2n) is 4.52. The summed E-state index contributed by atoms with van der Waals surface area (Å²) in [6.07, 6.45) is 0. The van der Waals surface area contributed by atoms with Gasteiger partial charge in [-0.25, -0.2) is 4.68 Å². The lowest BCUT2D eigenvalue weighted by Gasteiger charge is -2.13. The summed E-state index contributed by atoms with van der Waals surface area (Å²) in [5.74, 6) is 1.28. The summed E-state index contributed by atoms with van der Waals surface area (Å²) >= 11 is 6.88. The Morgan fingerprint density at radius 2 is 2.00 bits per heavy atom. The van der Waals surface area contributed by atoms with Gasteiger partial charge in [0.05, 0.1) is 16.2 Å². The molecule has 1 heterocycles. The van der Waals surface area contributed by atoms with Crippen molar-refractivity contribution in [3.8, 4) is 11.6 Å². The van der Waals surface area contributed by atoms with Crippen molar-refractivity contribution < 1.29 is 4.74 Å². The molecule has 4 nitrogen and oxygen atoms in total. The van der Waals surface area contributed by atoms with Gasteiger partial charge in [-0.2, -0.15) is 5.10 Å². The first-order chi connectivity index (χ1) is 8.90. The third kappa shape index (κ3) is 2.95. The van der Waals surface area contributed by atoms with Crippen LogP contribution in [0, 0.1) is 6.92 Å². The van der Waals surface area contributed by atoms with E-state index in [4.69, 9.17) is 10.5 Å². The number of nitrogens with two attached hydrogens (primary N) is 1. The fraction of sp³-hybridized carbons (Fsp3) is 0.308. The van der Waals surface area contributed by atoms with Crippen molar-refractivity contribution in [1.29, 1.82) is 0 Å². The highest BCUT2D eigenvalue weighted by molar-refractivity contribution is 9.11. The van der Waals surface area contributed by atoms with Crippen molar-refractivity contribution in [3.63, 3.8) is 0 Å². The van der Waals surface area contributed by atoms with Gasteiger partial charge in [-0.05, 0) is 54.9 Å². The van der Waals surface area contributed by atoms with Crippen LogP contribution in [0.15, 0.2) is 27.1 Å². The van der Waals surface area contributed by atoms with Crippen LogP contribution in [0.4, 0.5) is 5.69 Å². The van der Waals surface area contributed by atoms with Crippen LogP contribution >= 0.6 is 31.9 Å². The van der Waals surface area contributed by atoms with Crippen molar-refractivity contribution in [2.45, 2.75) is 26.8 Å². The fourth-order valence-corrected chi connectivity index (χ4v) is 2.78. The van der Waals surface area contributed by atoms with Crippen molar-refractivity contribution >= 4 is 37.5 Å². The minimum absolute atomic E-state index is 0.181. The molecule has 6 heteroatoms. The zero-order valence-electron chi connectivity index (χ0n) is 10.9. The molecule has 102 valence electrons. The number of nitrogen functional groups attached to an aromatic ring is 1. The highest BCUT2D eigenvalue weighted by atomic mass is 79.9. The zero-order valence-corrected chi connectivity index (χ0v) is 14.1. The first-order valence-corrected chi connectivity index (χ1v) is 7.46. The zero-order chi connectivity index (χ0) is 14.2. The molecule has 1 aromatic heterocycles. The summed E-state index contributed by atoms with van der Waals surface area (Å²) in [5, 5.41) is 4.40. The molecule has 0 saturated heterocycles. The van der Waals surface area contributed by atoms with Gasteiger partial charge < -0.3 is 10.5 Å². The van der Waals surface area contributed by atoms with E-state index in [0.29, 0.717) is 17.3 Å². The Labute approximate surface area is 129 Å². The molecule has 0 amide bonds. The normalized spacial score (nSPS) is 11.1. The molecule has 0 aliphatic heterocycles. The van der Waals surface area contributed by atoms with Gasteiger partial charge in [-0.1, -0.05) is 15.9 Å². The van der Waals surface area contributed by atoms with Crippen LogP contribution < -0.4 is 10.5 Å². The van der Waals surface area contributed by atoms with Gasteiger partial charge in [0.15, 0.2) is 0 Å². The molecule has 2 N–H and O–H groups in total. The monoisotopic (exact) mass is 387 g/mol. The SMILES string of the molecule is Cc1nn(C(C)C)c(Oc2ccc(Br)cc2Br)c1N. The van der Waals surface area contributed by atoms with E-state index in [1.54, 1.807) is 4.68 Å². The quantitative estimate of drug-likeness (QED) is 0.830. The average Bonchev–Trinajstić information content (AvgIpc) is 2.61. The number of aromatic nitrogens is 2. The lowest BCUT2D eigenvalue weighted by molar-refractivity contribution is 0.388. The van der Waals surface area contributed by atoms with Gasteiger partial charge in [0.1, 0.15) is 11.4 Å². The molecule has 0 atom stereocenters. The molecule has 19 heavy (non-hydrogen) atoms. The highest BCUT2D eigenvalue weighted by Crippen LogP contribution is 2.36. The summed E-state index contributed by atoms with van der Waals surface area (Å²) in [4.78, 5) is 0. The number of rotatable bonds is 3. The number of halogens is 2. The molecule has 0 aliphatic rings. The highest BCUT2D eigenvalue weighted by Gasteiger charge is 2.17. The van der Waals surface area contributed by atoms with Crippen LogP contribution in [0.3, 0.4) is 0 Å². The molecule has 0 saturated carbocycles. The van der Waals surface area contributed by atoms with Crippen molar-refractivity contribution in [2.24, 2.45) is 0 Å². The minimum Gasteiger partial charge on any atom is -0.436 e. The summed E-state index contributed by atoms with van der Waals surface area (Å²) in [6, 6.07) is 5.90. The number of hydrogen-bond acceptors (Lipinski definition) is 3. The second kappa shape index (κ2) is 5.54. The van der Waals surface area contributed by atoms with E-state index in [1.165, 1.54) is 0 Å². The fourth-order valence-electron chi connectivity index (χ4n) is 1.65. The number of ether oxygens (including phenoxy) is 1. The first kappa shape index (κ1) is 14.4. The van der Waals surface area contributed by atoms with Crippen LogP contribution in [0.5, 0.6) is 11.6 Å². The summed E-state index contributed by atoms with van der Waals surface area (Å²) in [5.41, 5.74) is 7.38. The van der Waals surface area contributed by atoms with Crippen LogP contribution in [0.2, 0.25) is 0 Å².